The monoisotopic (exact) mass is 1070 g/mol. The molecular formula is C40H66O33. The van der Waals surface area contributed by atoms with E-state index < -0.39 is 236 Å². The van der Waals surface area contributed by atoms with E-state index >= 15 is 0 Å². The molecule has 0 aromatic carbocycles. The fourth-order valence-corrected chi connectivity index (χ4v) is 9.05. The van der Waals surface area contributed by atoms with Crippen LogP contribution in [0.4, 0.5) is 0 Å². The second-order valence-corrected chi connectivity index (χ2v) is 18.8. The van der Waals surface area contributed by atoms with Gasteiger partial charge in [0.1, 0.15) is 146 Å². The highest BCUT2D eigenvalue weighted by atomic mass is 16.8. The summed E-state index contributed by atoms with van der Waals surface area (Å²) in [5, 5.41) is 189. The maximum absolute atomic E-state index is 11.0. The Balaban J connectivity index is 0.739. The zero-order valence-electron chi connectivity index (χ0n) is 38.3. The molecule has 32 atom stereocenters. The van der Waals surface area contributed by atoms with Gasteiger partial charge in [-0.1, -0.05) is 0 Å². The first kappa shape index (κ1) is 57.8. The summed E-state index contributed by atoms with van der Waals surface area (Å²) < 4.78 is 82.0. The first-order valence-electron chi connectivity index (χ1n) is 23.4. The van der Waals surface area contributed by atoms with Gasteiger partial charge in [0.2, 0.25) is 0 Å². The van der Waals surface area contributed by atoms with Crippen LogP contribution in [0.3, 0.4) is 0 Å². The number of aliphatic hydroxyl groups is 18. The van der Waals surface area contributed by atoms with E-state index in [1.54, 1.807) is 0 Å². The maximum atomic E-state index is 11.0. The summed E-state index contributed by atoms with van der Waals surface area (Å²) in [4.78, 5) is 0. The van der Waals surface area contributed by atoms with Crippen molar-refractivity contribution in [2.75, 3.05) is 52.9 Å². The predicted octanol–water partition coefficient (Wildman–Crippen LogP) is -13.3. The van der Waals surface area contributed by atoms with Crippen molar-refractivity contribution in [1.82, 2.24) is 0 Å². The molecule has 0 spiro atoms. The lowest BCUT2D eigenvalue weighted by molar-refractivity contribution is -0.368. The zero-order valence-corrected chi connectivity index (χ0v) is 38.3. The maximum Gasteiger partial charge on any atom is 0.186 e. The van der Waals surface area contributed by atoms with Crippen LogP contribution in [0.25, 0.3) is 0 Å². The van der Waals surface area contributed by atoms with Gasteiger partial charge in [-0.15, -0.1) is 0 Å². The van der Waals surface area contributed by atoms with E-state index in [0.717, 1.165) is 0 Å². The van der Waals surface area contributed by atoms with E-state index in [1.807, 2.05) is 0 Å². The zero-order chi connectivity index (χ0) is 52.7. The molecule has 33 nitrogen and oxygen atoms in total. The Bertz CT molecular complexity index is 1600. The van der Waals surface area contributed by atoms with Crippen molar-refractivity contribution in [3.63, 3.8) is 0 Å². The molecule has 8 aliphatic rings. The van der Waals surface area contributed by atoms with E-state index in [4.69, 9.17) is 71.1 Å². The molecule has 8 saturated heterocycles. The van der Waals surface area contributed by atoms with E-state index in [9.17, 15) is 91.9 Å². The quantitative estimate of drug-likeness (QED) is 0.0768. The molecule has 0 bridgehead atoms. The van der Waals surface area contributed by atoms with Crippen LogP contribution in [-0.4, -0.2) is 342 Å². The normalized spacial score (nSPS) is 54.5. The third kappa shape index (κ3) is 12.6. The summed E-state index contributed by atoms with van der Waals surface area (Å²) in [6.07, 6.45) is -52.2. The number of ether oxygens (including phenoxy) is 15. The molecule has 8 aliphatic heterocycles. The second kappa shape index (κ2) is 24.8. The molecule has 8 rings (SSSR count). The van der Waals surface area contributed by atoms with Gasteiger partial charge in [0.25, 0.3) is 0 Å². The van der Waals surface area contributed by atoms with Crippen LogP contribution in [0, 0.1) is 0 Å². The minimum atomic E-state index is -1.89. The molecule has 8 heterocycles. The van der Waals surface area contributed by atoms with Gasteiger partial charge < -0.3 is 163 Å². The highest BCUT2D eigenvalue weighted by molar-refractivity contribution is 4.95. The van der Waals surface area contributed by atoms with E-state index in [-0.39, 0.29) is 13.2 Å². The van der Waals surface area contributed by atoms with Gasteiger partial charge in [0.05, 0.1) is 52.9 Å². The van der Waals surface area contributed by atoms with Gasteiger partial charge in [-0.2, -0.15) is 0 Å². The van der Waals surface area contributed by atoms with Gasteiger partial charge in [-0.25, -0.2) is 0 Å². The van der Waals surface area contributed by atoms with Crippen molar-refractivity contribution in [3.8, 4) is 0 Å². The molecule has 0 unspecified atom stereocenters. The first-order chi connectivity index (χ1) is 34.6. The fourth-order valence-electron chi connectivity index (χ4n) is 9.05. The van der Waals surface area contributed by atoms with Crippen LogP contribution in [0.2, 0.25) is 0 Å². The Labute approximate surface area is 412 Å². The van der Waals surface area contributed by atoms with Crippen LogP contribution >= 0.6 is 0 Å². The minimum Gasteiger partial charge on any atom is -0.388 e. The summed E-state index contributed by atoms with van der Waals surface area (Å²) in [5.74, 6) is 0. The largest absolute Gasteiger partial charge is 0.388 e. The van der Waals surface area contributed by atoms with Crippen molar-refractivity contribution < 1.29 is 163 Å². The first-order valence-corrected chi connectivity index (χ1v) is 23.4. The molecule has 73 heavy (non-hydrogen) atoms. The predicted molar refractivity (Wildman–Crippen MR) is 216 cm³/mol. The van der Waals surface area contributed by atoms with E-state index in [1.165, 1.54) is 0 Å². The van der Waals surface area contributed by atoms with Gasteiger partial charge in [0, 0.05) is 0 Å². The topological polar surface area (TPSA) is 503 Å². The van der Waals surface area contributed by atoms with Crippen molar-refractivity contribution in [2.24, 2.45) is 0 Å². The molecule has 0 aromatic heterocycles. The molecular weight excluding hydrogens is 1010 g/mol. The van der Waals surface area contributed by atoms with Crippen LogP contribution in [0.1, 0.15) is 0 Å². The van der Waals surface area contributed by atoms with Crippen molar-refractivity contribution in [2.45, 2.75) is 197 Å². The molecule has 0 radical (unpaired) electrons. The lowest BCUT2D eigenvalue weighted by Crippen LogP contribution is -2.63. The Morgan fingerprint density at radius 2 is 0.370 bits per heavy atom. The van der Waals surface area contributed by atoms with E-state index in [2.05, 4.69) is 0 Å². The van der Waals surface area contributed by atoms with Crippen molar-refractivity contribution in [1.29, 1.82) is 0 Å². The summed E-state index contributed by atoms with van der Waals surface area (Å²) in [6, 6.07) is 0. The highest BCUT2D eigenvalue weighted by Crippen LogP contribution is 2.33. The van der Waals surface area contributed by atoms with Gasteiger partial charge >= 0.3 is 0 Å². The summed E-state index contributed by atoms with van der Waals surface area (Å²) in [5.41, 5.74) is 0. The number of hydrogen-bond acceptors (Lipinski definition) is 33. The lowest BCUT2D eigenvalue weighted by atomic mass is 10.0. The summed E-state index contributed by atoms with van der Waals surface area (Å²) in [7, 11) is 0. The molecule has 0 aromatic rings. The minimum absolute atomic E-state index is 0.386. The van der Waals surface area contributed by atoms with E-state index in [0.29, 0.717) is 0 Å². The Kier molecular flexibility index (Phi) is 19.6. The third-order valence-corrected chi connectivity index (χ3v) is 13.7. The molecule has 0 saturated carbocycles. The van der Waals surface area contributed by atoms with Gasteiger partial charge in [0.15, 0.2) is 50.3 Å². The van der Waals surface area contributed by atoms with Crippen LogP contribution in [-0.2, 0) is 71.1 Å². The molecule has 0 aliphatic carbocycles. The Morgan fingerprint density at radius 1 is 0.192 bits per heavy atom. The molecule has 0 amide bonds. The number of hydrogen-bond donors (Lipinski definition) is 18. The molecule has 33 heteroatoms. The summed E-state index contributed by atoms with van der Waals surface area (Å²) in [6.45, 7) is -3.74. The second-order valence-electron chi connectivity index (χ2n) is 18.8. The Morgan fingerprint density at radius 3 is 0.603 bits per heavy atom. The highest BCUT2D eigenvalue weighted by Gasteiger charge is 2.53. The van der Waals surface area contributed by atoms with Gasteiger partial charge in [-0.05, 0) is 0 Å². The Hall–Kier alpha value is -1.32. The van der Waals surface area contributed by atoms with Crippen LogP contribution in [0.15, 0.2) is 0 Å². The van der Waals surface area contributed by atoms with Crippen LogP contribution in [0.5, 0.6) is 0 Å². The SMILES string of the molecule is O[C@@H]1[C@@H](O)[C@H](O[C@@H]2CO[C@@H](O[C@@H]3CO[C@@H](O[C@@H]4CO[C@@H](O[C@@H]5CO[C@@H](O[C@@H]6CO[C@@H](O[C@@H]7CO[C@@H](O[C@@H]8CO[C@@H](O)[C@H](O)[C@H]8O)[C@H](O)[C@H]7O)[C@H](O)[C@H]6O)[C@H](O)[C@H]5O)[C@H](O)[C@H]4O)[C@H](O)[C@H]3O)[C@H](O)[C@H]2O)OC[C@H]1O. The standard InChI is InChI=1S/C40H66O33/c41-9-1-60-34(26(51)17(9)42)68-11-3-62-36(28(53)19(11)44)70-13-5-64-38(30(55)21(13)46)72-15-7-66-40(32(57)23(15)48)73-16-8-65-39(31(56)24(16)49)71-14-6-63-37(29(54)22(14)47)69-12-4-61-35(27(52)20(12)45)67-10-2-59-33(58)25(50)18(10)43/h9-58H,1-8H2/t9-,10-,11-,12-,13-,14-,15-,16-,17+,18+,19+,20+,21+,22+,23+,24+,25-,26-,27-,28-,29-,30-,31-,32-,33-,34+,35+,36+,37+,38+,39+,40+/m1/s1. The molecule has 8 fully saturated rings. The average molecular weight is 1070 g/mol. The lowest BCUT2D eigenvalue weighted by Gasteiger charge is -2.45. The average Bonchev–Trinajstić information content (AvgIpc) is 3.37. The third-order valence-electron chi connectivity index (χ3n) is 13.7. The van der Waals surface area contributed by atoms with Crippen molar-refractivity contribution in [3.05, 3.63) is 0 Å². The summed E-state index contributed by atoms with van der Waals surface area (Å²) >= 11 is 0. The smallest absolute Gasteiger partial charge is 0.186 e. The number of rotatable bonds is 14. The molecule has 424 valence electrons. The van der Waals surface area contributed by atoms with Crippen LogP contribution < -0.4 is 0 Å². The fraction of sp³-hybridized carbons (Fsp3) is 1.00. The van der Waals surface area contributed by atoms with Gasteiger partial charge in [-0.3, -0.25) is 0 Å². The molecule has 18 N–H and O–H groups in total. The van der Waals surface area contributed by atoms with Crippen molar-refractivity contribution >= 4 is 0 Å². The number of aliphatic hydroxyl groups excluding tert-OH is 18.